The SMILES string of the molecule is BrCc1nc(CN2CCOCC2)cs1. The minimum atomic E-state index is 0.857. The zero-order chi connectivity index (χ0) is 9.80. The molecule has 3 nitrogen and oxygen atoms in total. The van der Waals surface area contributed by atoms with Gasteiger partial charge in [-0.15, -0.1) is 11.3 Å². The lowest BCUT2D eigenvalue weighted by Gasteiger charge is -2.25. The zero-order valence-electron chi connectivity index (χ0n) is 7.91. The Kier molecular flexibility index (Phi) is 3.92. The van der Waals surface area contributed by atoms with Crippen molar-refractivity contribution in [1.82, 2.24) is 9.88 Å². The van der Waals surface area contributed by atoms with Crippen LogP contribution < -0.4 is 0 Å². The van der Waals surface area contributed by atoms with Crippen LogP contribution in [0.3, 0.4) is 0 Å². The molecule has 78 valence electrons. The number of ether oxygens (including phenoxy) is 1. The number of aromatic nitrogens is 1. The molecular formula is C9H13BrN2OS. The van der Waals surface area contributed by atoms with Crippen LogP contribution in [-0.4, -0.2) is 36.2 Å². The van der Waals surface area contributed by atoms with Gasteiger partial charge in [-0.25, -0.2) is 4.98 Å². The van der Waals surface area contributed by atoms with Crippen molar-refractivity contribution in [2.45, 2.75) is 11.9 Å². The maximum absolute atomic E-state index is 5.30. The van der Waals surface area contributed by atoms with Crippen LogP contribution in [0, 0.1) is 0 Å². The molecule has 0 unspecified atom stereocenters. The molecule has 0 bridgehead atoms. The van der Waals surface area contributed by atoms with Gasteiger partial charge in [0, 0.05) is 25.0 Å². The number of morpholine rings is 1. The number of hydrogen-bond donors (Lipinski definition) is 0. The first-order valence-corrected chi connectivity index (χ1v) is 6.68. The van der Waals surface area contributed by atoms with Crippen molar-refractivity contribution in [3.05, 3.63) is 16.1 Å². The van der Waals surface area contributed by atoms with Gasteiger partial charge in [-0.05, 0) is 0 Å². The quantitative estimate of drug-likeness (QED) is 0.789. The summed E-state index contributed by atoms with van der Waals surface area (Å²) in [6, 6.07) is 0. The highest BCUT2D eigenvalue weighted by atomic mass is 79.9. The molecule has 0 N–H and O–H groups in total. The summed E-state index contributed by atoms with van der Waals surface area (Å²) >= 11 is 5.13. The number of alkyl halides is 1. The third-order valence-corrected chi connectivity index (χ3v) is 4.00. The van der Waals surface area contributed by atoms with Crippen LogP contribution in [0.5, 0.6) is 0 Å². The van der Waals surface area contributed by atoms with E-state index in [1.165, 1.54) is 5.69 Å². The maximum atomic E-state index is 5.30. The average molecular weight is 277 g/mol. The Hall–Kier alpha value is 0.0300. The van der Waals surface area contributed by atoms with E-state index < -0.39 is 0 Å². The Morgan fingerprint density at radius 3 is 2.93 bits per heavy atom. The molecule has 0 aromatic carbocycles. The Labute approximate surface area is 96.2 Å². The summed E-state index contributed by atoms with van der Waals surface area (Å²) in [5, 5.41) is 4.17. The molecule has 1 fully saturated rings. The van der Waals surface area contributed by atoms with E-state index in [4.69, 9.17) is 4.74 Å². The molecule has 0 amide bonds. The number of nitrogens with zero attached hydrogens (tertiary/aromatic N) is 2. The summed E-state index contributed by atoms with van der Waals surface area (Å²) in [5.74, 6) is 0. The van der Waals surface area contributed by atoms with E-state index >= 15 is 0 Å². The molecule has 1 aliphatic rings. The van der Waals surface area contributed by atoms with Gasteiger partial charge in [0.1, 0.15) is 5.01 Å². The first-order chi connectivity index (χ1) is 6.88. The van der Waals surface area contributed by atoms with E-state index in [2.05, 4.69) is 31.2 Å². The topological polar surface area (TPSA) is 25.4 Å². The summed E-state index contributed by atoms with van der Waals surface area (Å²) in [6.07, 6.45) is 0. The largest absolute Gasteiger partial charge is 0.379 e. The molecule has 2 rings (SSSR count). The predicted octanol–water partition coefficient (Wildman–Crippen LogP) is 1.87. The van der Waals surface area contributed by atoms with Gasteiger partial charge in [0.25, 0.3) is 0 Å². The van der Waals surface area contributed by atoms with Gasteiger partial charge in [0.15, 0.2) is 0 Å². The molecule has 0 aliphatic carbocycles. The highest BCUT2D eigenvalue weighted by Crippen LogP contribution is 2.14. The van der Waals surface area contributed by atoms with Crippen molar-refractivity contribution in [2.75, 3.05) is 26.3 Å². The molecule has 1 aliphatic heterocycles. The van der Waals surface area contributed by atoms with Crippen molar-refractivity contribution < 1.29 is 4.74 Å². The molecule has 0 spiro atoms. The summed E-state index contributed by atoms with van der Waals surface area (Å²) < 4.78 is 5.30. The van der Waals surface area contributed by atoms with Crippen LogP contribution in [0.25, 0.3) is 0 Å². The van der Waals surface area contributed by atoms with Crippen molar-refractivity contribution in [1.29, 1.82) is 0 Å². The molecule has 0 atom stereocenters. The lowest BCUT2D eigenvalue weighted by molar-refractivity contribution is 0.0337. The number of thiazole rings is 1. The molecule has 0 saturated carbocycles. The fourth-order valence-electron chi connectivity index (χ4n) is 1.47. The van der Waals surface area contributed by atoms with Gasteiger partial charge in [-0.1, -0.05) is 15.9 Å². The Bertz CT molecular complexity index is 286. The zero-order valence-corrected chi connectivity index (χ0v) is 10.3. The van der Waals surface area contributed by atoms with Crippen LogP contribution in [-0.2, 0) is 16.6 Å². The second-order valence-electron chi connectivity index (χ2n) is 3.25. The van der Waals surface area contributed by atoms with Gasteiger partial charge in [0.2, 0.25) is 0 Å². The molecule has 1 aromatic heterocycles. The minimum absolute atomic E-state index is 0.857. The normalized spacial score (nSPS) is 18.6. The van der Waals surface area contributed by atoms with E-state index in [1.54, 1.807) is 11.3 Å². The third-order valence-electron chi connectivity index (χ3n) is 2.20. The number of halogens is 1. The van der Waals surface area contributed by atoms with Crippen LogP contribution in [0.2, 0.25) is 0 Å². The summed E-state index contributed by atoms with van der Waals surface area (Å²) in [7, 11) is 0. The van der Waals surface area contributed by atoms with Gasteiger partial charge in [0.05, 0.1) is 24.2 Å². The Balaban J connectivity index is 1.89. The standard InChI is InChI=1S/C9H13BrN2OS/c10-5-9-11-8(7-14-9)6-12-1-3-13-4-2-12/h7H,1-6H2. The van der Waals surface area contributed by atoms with E-state index in [9.17, 15) is 0 Å². The second kappa shape index (κ2) is 5.21. The van der Waals surface area contributed by atoms with Crippen LogP contribution >= 0.6 is 27.3 Å². The summed E-state index contributed by atoms with van der Waals surface area (Å²) in [6.45, 7) is 4.74. The van der Waals surface area contributed by atoms with Gasteiger partial charge >= 0.3 is 0 Å². The first kappa shape index (κ1) is 10.5. The fraction of sp³-hybridized carbons (Fsp3) is 0.667. The number of hydrogen-bond acceptors (Lipinski definition) is 4. The highest BCUT2D eigenvalue weighted by molar-refractivity contribution is 9.08. The van der Waals surface area contributed by atoms with E-state index in [-0.39, 0.29) is 0 Å². The van der Waals surface area contributed by atoms with E-state index in [1.807, 2.05) is 0 Å². The smallest absolute Gasteiger partial charge is 0.103 e. The number of rotatable bonds is 3. The second-order valence-corrected chi connectivity index (χ2v) is 4.76. The van der Waals surface area contributed by atoms with Gasteiger partial charge in [-0.2, -0.15) is 0 Å². The molecule has 2 heterocycles. The van der Waals surface area contributed by atoms with E-state index in [0.29, 0.717) is 0 Å². The predicted molar refractivity (Wildman–Crippen MR) is 60.8 cm³/mol. The molecule has 1 saturated heterocycles. The molecule has 1 aromatic rings. The van der Waals surface area contributed by atoms with E-state index in [0.717, 1.165) is 43.2 Å². The minimum Gasteiger partial charge on any atom is -0.379 e. The monoisotopic (exact) mass is 276 g/mol. The van der Waals surface area contributed by atoms with Crippen LogP contribution in [0.1, 0.15) is 10.7 Å². The summed E-state index contributed by atoms with van der Waals surface area (Å²) in [5.41, 5.74) is 1.19. The lowest BCUT2D eigenvalue weighted by Crippen LogP contribution is -2.35. The lowest BCUT2D eigenvalue weighted by atomic mass is 10.3. The summed E-state index contributed by atoms with van der Waals surface area (Å²) in [4.78, 5) is 6.90. The third kappa shape index (κ3) is 2.76. The van der Waals surface area contributed by atoms with Crippen molar-refractivity contribution in [2.24, 2.45) is 0 Å². The van der Waals surface area contributed by atoms with Crippen LogP contribution in [0.4, 0.5) is 0 Å². The Morgan fingerprint density at radius 1 is 1.50 bits per heavy atom. The average Bonchev–Trinajstić information content (AvgIpc) is 2.67. The fourth-order valence-corrected chi connectivity index (χ4v) is 2.63. The highest BCUT2D eigenvalue weighted by Gasteiger charge is 2.12. The van der Waals surface area contributed by atoms with Crippen molar-refractivity contribution in [3.8, 4) is 0 Å². The molecule has 0 radical (unpaired) electrons. The van der Waals surface area contributed by atoms with Gasteiger partial charge < -0.3 is 4.74 Å². The molecular weight excluding hydrogens is 264 g/mol. The van der Waals surface area contributed by atoms with Crippen molar-refractivity contribution in [3.63, 3.8) is 0 Å². The molecule has 5 heteroatoms. The Morgan fingerprint density at radius 2 is 2.29 bits per heavy atom. The van der Waals surface area contributed by atoms with Crippen LogP contribution in [0.15, 0.2) is 5.38 Å². The van der Waals surface area contributed by atoms with Crippen molar-refractivity contribution >= 4 is 27.3 Å². The maximum Gasteiger partial charge on any atom is 0.103 e. The molecule has 14 heavy (non-hydrogen) atoms. The van der Waals surface area contributed by atoms with Gasteiger partial charge in [-0.3, -0.25) is 4.90 Å². The first-order valence-electron chi connectivity index (χ1n) is 4.68.